The van der Waals surface area contributed by atoms with Crippen LogP contribution in [0, 0.1) is 0 Å². The lowest BCUT2D eigenvalue weighted by molar-refractivity contribution is -0.119. The molecule has 106 valence electrons. The molecule has 1 unspecified atom stereocenters. The van der Waals surface area contributed by atoms with Crippen LogP contribution >= 0.6 is 11.6 Å². The van der Waals surface area contributed by atoms with E-state index in [1.807, 2.05) is 4.57 Å². The predicted molar refractivity (Wildman–Crippen MR) is 72.6 cm³/mol. The molecule has 0 radical (unpaired) electrons. The molecule has 1 fully saturated rings. The molecule has 1 aliphatic rings. The quantitative estimate of drug-likeness (QED) is 0.846. The Balaban J connectivity index is 2.02. The maximum Gasteiger partial charge on any atom is 0.245 e. The Morgan fingerprint density at radius 3 is 3.05 bits per heavy atom. The van der Waals surface area contributed by atoms with Gasteiger partial charge >= 0.3 is 0 Å². The highest BCUT2D eigenvalue weighted by Gasteiger charge is 2.24. The van der Waals surface area contributed by atoms with Crippen molar-refractivity contribution in [2.24, 2.45) is 0 Å². The van der Waals surface area contributed by atoms with Crippen LogP contribution in [0.4, 0.5) is 0 Å². The van der Waals surface area contributed by atoms with E-state index in [4.69, 9.17) is 16.3 Å². The lowest BCUT2D eigenvalue weighted by atomic mass is 10.2. The number of alkyl halides is 1. The van der Waals surface area contributed by atoms with Crippen molar-refractivity contribution in [3.8, 4) is 5.88 Å². The summed E-state index contributed by atoms with van der Waals surface area (Å²) < 4.78 is 7.11. The second-order valence-electron chi connectivity index (χ2n) is 4.63. The predicted octanol–water partition coefficient (Wildman–Crippen LogP) is 0.852. The molecular formula is C12H14ClN5O2. The zero-order valence-corrected chi connectivity index (χ0v) is 11.7. The van der Waals surface area contributed by atoms with Gasteiger partial charge in [0.25, 0.3) is 0 Å². The van der Waals surface area contributed by atoms with Crippen molar-refractivity contribution in [1.29, 1.82) is 0 Å². The van der Waals surface area contributed by atoms with E-state index in [1.165, 1.54) is 6.33 Å². The van der Waals surface area contributed by atoms with E-state index in [9.17, 15) is 4.79 Å². The minimum atomic E-state index is 0.0825. The monoisotopic (exact) mass is 295 g/mol. The number of aromatic nitrogens is 4. The molecule has 1 N–H and O–H groups in total. The van der Waals surface area contributed by atoms with E-state index >= 15 is 0 Å². The van der Waals surface area contributed by atoms with Gasteiger partial charge in [0.05, 0.1) is 13.0 Å². The number of methoxy groups -OCH3 is 1. The number of hydrogen-bond acceptors (Lipinski definition) is 5. The lowest BCUT2D eigenvalue weighted by Crippen LogP contribution is -2.30. The van der Waals surface area contributed by atoms with Gasteiger partial charge in [-0.05, 0) is 6.42 Å². The molecule has 0 spiro atoms. The normalized spacial score (nSPS) is 18.5. The van der Waals surface area contributed by atoms with Crippen molar-refractivity contribution in [3.05, 3.63) is 12.2 Å². The van der Waals surface area contributed by atoms with Gasteiger partial charge in [0, 0.05) is 19.0 Å². The number of rotatable bonds is 4. The zero-order valence-electron chi connectivity index (χ0n) is 11.0. The molecular weight excluding hydrogens is 282 g/mol. The molecule has 1 aliphatic heterocycles. The van der Waals surface area contributed by atoms with Crippen molar-refractivity contribution in [2.75, 3.05) is 7.11 Å². The standard InChI is InChI=1S/C12H14ClN5O2/c1-20-12-10-11(14-6-15-12)18(8(4-13)17-10)5-7-2-3-9(19)16-7/h6-7H,2-5H2,1H3,(H,16,19). The fraction of sp³-hybridized carbons (Fsp3) is 0.500. The summed E-state index contributed by atoms with van der Waals surface area (Å²) in [6, 6.07) is 0.0860. The number of carbonyl (C=O) groups is 1. The van der Waals surface area contributed by atoms with Crippen LogP contribution in [0.15, 0.2) is 6.33 Å². The van der Waals surface area contributed by atoms with Gasteiger partial charge in [0.2, 0.25) is 11.8 Å². The third-order valence-electron chi connectivity index (χ3n) is 3.38. The second-order valence-corrected chi connectivity index (χ2v) is 4.90. The van der Waals surface area contributed by atoms with Gasteiger partial charge in [-0.3, -0.25) is 4.79 Å². The van der Waals surface area contributed by atoms with Crippen molar-refractivity contribution in [1.82, 2.24) is 24.8 Å². The Morgan fingerprint density at radius 2 is 2.40 bits per heavy atom. The average molecular weight is 296 g/mol. The molecule has 0 aliphatic carbocycles. The number of nitrogens with one attached hydrogen (secondary N) is 1. The highest BCUT2D eigenvalue weighted by atomic mass is 35.5. The minimum Gasteiger partial charge on any atom is -0.479 e. The fourth-order valence-electron chi connectivity index (χ4n) is 2.44. The number of amides is 1. The lowest BCUT2D eigenvalue weighted by Gasteiger charge is -2.13. The van der Waals surface area contributed by atoms with Crippen LogP contribution in [-0.4, -0.2) is 38.6 Å². The number of fused-ring (bicyclic) bond motifs is 1. The van der Waals surface area contributed by atoms with Gasteiger partial charge in [-0.1, -0.05) is 0 Å². The number of halogens is 1. The van der Waals surface area contributed by atoms with Crippen molar-refractivity contribution in [3.63, 3.8) is 0 Å². The highest BCUT2D eigenvalue weighted by Crippen LogP contribution is 2.23. The molecule has 0 saturated carbocycles. The van der Waals surface area contributed by atoms with E-state index in [2.05, 4.69) is 20.3 Å². The SMILES string of the molecule is COc1ncnc2c1nc(CCl)n2CC1CCC(=O)N1. The van der Waals surface area contributed by atoms with E-state index in [1.54, 1.807) is 7.11 Å². The summed E-state index contributed by atoms with van der Waals surface area (Å²) in [5.41, 5.74) is 1.27. The number of ether oxygens (including phenoxy) is 1. The largest absolute Gasteiger partial charge is 0.479 e. The number of hydrogen-bond donors (Lipinski definition) is 1. The molecule has 1 saturated heterocycles. The Morgan fingerprint density at radius 1 is 1.55 bits per heavy atom. The molecule has 0 bridgehead atoms. The first-order valence-corrected chi connectivity index (χ1v) is 6.85. The molecule has 3 rings (SSSR count). The highest BCUT2D eigenvalue weighted by molar-refractivity contribution is 6.16. The Labute approximate surface area is 120 Å². The molecule has 0 aromatic carbocycles. The van der Waals surface area contributed by atoms with E-state index in [-0.39, 0.29) is 17.8 Å². The summed E-state index contributed by atoms with van der Waals surface area (Å²) in [6.45, 7) is 0.602. The first-order chi connectivity index (χ1) is 9.72. The summed E-state index contributed by atoms with van der Waals surface area (Å²) in [5.74, 6) is 1.47. The first-order valence-electron chi connectivity index (χ1n) is 6.32. The van der Waals surface area contributed by atoms with Crippen molar-refractivity contribution < 1.29 is 9.53 Å². The number of nitrogens with zero attached hydrogens (tertiary/aromatic N) is 4. The summed E-state index contributed by atoms with van der Waals surface area (Å²) in [6.07, 6.45) is 2.80. The van der Waals surface area contributed by atoms with Gasteiger partial charge in [0.1, 0.15) is 12.2 Å². The summed E-state index contributed by atoms with van der Waals surface area (Å²) in [4.78, 5) is 24.0. The second kappa shape index (κ2) is 5.24. The number of carbonyl (C=O) groups excluding carboxylic acids is 1. The maximum atomic E-state index is 11.3. The van der Waals surface area contributed by atoms with Crippen LogP contribution in [0.25, 0.3) is 11.2 Å². The van der Waals surface area contributed by atoms with Gasteiger partial charge < -0.3 is 14.6 Å². The van der Waals surface area contributed by atoms with Gasteiger partial charge in [-0.15, -0.1) is 11.6 Å². The molecule has 7 nitrogen and oxygen atoms in total. The summed E-state index contributed by atoms with van der Waals surface area (Å²) in [5, 5.41) is 2.93. The zero-order chi connectivity index (χ0) is 14.1. The van der Waals surface area contributed by atoms with Crippen LogP contribution in [0.1, 0.15) is 18.7 Å². The van der Waals surface area contributed by atoms with Crippen LogP contribution in [0.5, 0.6) is 5.88 Å². The first kappa shape index (κ1) is 13.1. The van der Waals surface area contributed by atoms with Crippen molar-refractivity contribution in [2.45, 2.75) is 31.3 Å². The Kier molecular flexibility index (Phi) is 3.43. The third kappa shape index (κ3) is 2.18. The van der Waals surface area contributed by atoms with Crippen LogP contribution < -0.4 is 10.1 Å². The van der Waals surface area contributed by atoms with Crippen LogP contribution in [0.2, 0.25) is 0 Å². The number of imidazole rings is 1. The van der Waals surface area contributed by atoms with Gasteiger partial charge in [-0.25, -0.2) is 9.97 Å². The maximum absolute atomic E-state index is 11.3. The Hall–Kier alpha value is -1.89. The minimum absolute atomic E-state index is 0.0825. The topological polar surface area (TPSA) is 81.9 Å². The van der Waals surface area contributed by atoms with E-state index in [0.717, 1.165) is 6.42 Å². The molecule has 8 heteroatoms. The van der Waals surface area contributed by atoms with Gasteiger partial charge in [-0.2, -0.15) is 4.98 Å². The summed E-state index contributed by atoms with van der Waals surface area (Å²) >= 11 is 5.95. The molecule has 1 amide bonds. The van der Waals surface area contributed by atoms with E-state index in [0.29, 0.717) is 35.8 Å². The fourth-order valence-corrected chi connectivity index (χ4v) is 2.64. The Bertz CT molecular complexity index is 657. The third-order valence-corrected chi connectivity index (χ3v) is 3.62. The van der Waals surface area contributed by atoms with Gasteiger partial charge in [0.15, 0.2) is 11.2 Å². The molecule has 2 aromatic heterocycles. The van der Waals surface area contributed by atoms with E-state index < -0.39 is 0 Å². The smallest absolute Gasteiger partial charge is 0.245 e. The van der Waals surface area contributed by atoms with Crippen LogP contribution in [0.3, 0.4) is 0 Å². The molecule has 2 aromatic rings. The molecule has 3 heterocycles. The average Bonchev–Trinajstić information content (AvgIpc) is 3.03. The molecule has 20 heavy (non-hydrogen) atoms. The van der Waals surface area contributed by atoms with Crippen LogP contribution in [-0.2, 0) is 17.2 Å². The van der Waals surface area contributed by atoms with Crippen molar-refractivity contribution >= 4 is 28.7 Å². The molecule has 1 atom stereocenters. The summed E-state index contributed by atoms with van der Waals surface area (Å²) in [7, 11) is 1.54.